The Morgan fingerprint density at radius 3 is 2.67 bits per heavy atom. The molecule has 1 aliphatic carbocycles. The molecule has 0 spiro atoms. The van der Waals surface area contributed by atoms with Crippen LogP contribution in [-0.2, 0) is 11.2 Å². The van der Waals surface area contributed by atoms with Crippen molar-refractivity contribution in [2.45, 2.75) is 44.1 Å². The Kier molecular flexibility index (Phi) is 7.47. The number of ether oxygens (including phenoxy) is 1. The Hall–Kier alpha value is -1.66. The molecule has 2 N–H and O–H groups in total. The molecular formula is C21H33FN4O. The lowest BCUT2D eigenvalue weighted by Gasteiger charge is -2.48. The largest absolute Gasteiger partial charge is 0.379 e. The third-order valence-corrected chi connectivity index (χ3v) is 5.87. The lowest BCUT2D eigenvalue weighted by Crippen LogP contribution is -2.60. The first-order chi connectivity index (χ1) is 13.2. The molecule has 5 nitrogen and oxygen atoms in total. The molecule has 1 saturated carbocycles. The molecular weight excluding hydrogens is 343 g/mol. The van der Waals surface area contributed by atoms with Gasteiger partial charge in [-0.3, -0.25) is 9.89 Å². The molecule has 2 fully saturated rings. The van der Waals surface area contributed by atoms with E-state index in [0.29, 0.717) is 0 Å². The summed E-state index contributed by atoms with van der Waals surface area (Å²) >= 11 is 0. The molecule has 27 heavy (non-hydrogen) atoms. The van der Waals surface area contributed by atoms with E-state index in [-0.39, 0.29) is 11.4 Å². The number of hydrogen-bond acceptors (Lipinski definition) is 3. The van der Waals surface area contributed by atoms with Crippen LogP contribution >= 0.6 is 0 Å². The lowest BCUT2D eigenvalue weighted by molar-refractivity contribution is -0.0352. The Balaban J connectivity index is 1.51. The van der Waals surface area contributed by atoms with Crippen molar-refractivity contribution in [1.82, 2.24) is 15.5 Å². The van der Waals surface area contributed by atoms with Gasteiger partial charge in [0.1, 0.15) is 5.82 Å². The second-order valence-corrected chi connectivity index (χ2v) is 7.62. The Bertz CT molecular complexity index is 610. The van der Waals surface area contributed by atoms with Crippen molar-refractivity contribution in [3.63, 3.8) is 0 Å². The van der Waals surface area contributed by atoms with E-state index in [2.05, 4.69) is 20.5 Å². The second kappa shape index (κ2) is 10.0. The highest BCUT2D eigenvalue weighted by Crippen LogP contribution is 2.33. The number of morpholine rings is 1. The molecule has 0 atom stereocenters. The fourth-order valence-electron chi connectivity index (χ4n) is 4.34. The Morgan fingerprint density at radius 1 is 1.19 bits per heavy atom. The van der Waals surface area contributed by atoms with E-state index in [9.17, 15) is 4.39 Å². The van der Waals surface area contributed by atoms with E-state index in [4.69, 9.17) is 4.74 Å². The van der Waals surface area contributed by atoms with Gasteiger partial charge >= 0.3 is 0 Å². The van der Waals surface area contributed by atoms with Gasteiger partial charge in [0, 0.05) is 38.8 Å². The van der Waals surface area contributed by atoms with Gasteiger partial charge in [0.2, 0.25) is 0 Å². The maximum Gasteiger partial charge on any atom is 0.191 e. The molecule has 0 amide bonds. The summed E-state index contributed by atoms with van der Waals surface area (Å²) in [5, 5.41) is 6.93. The van der Waals surface area contributed by atoms with E-state index in [1.54, 1.807) is 19.2 Å². The number of nitrogens with zero attached hydrogens (tertiary/aromatic N) is 2. The van der Waals surface area contributed by atoms with Crippen molar-refractivity contribution in [2.75, 3.05) is 46.4 Å². The predicted octanol–water partition coefficient (Wildman–Crippen LogP) is 2.57. The fraction of sp³-hybridized carbons (Fsp3) is 0.667. The molecule has 1 aromatic rings. The summed E-state index contributed by atoms with van der Waals surface area (Å²) < 4.78 is 18.9. The van der Waals surface area contributed by atoms with Crippen LogP contribution < -0.4 is 10.6 Å². The summed E-state index contributed by atoms with van der Waals surface area (Å²) in [5.74, 6) is 0.643. The lowest BCUT2D eigenvalue weighted by atomic mass is 9.80. The summed E-state index contributed by atoms with van der Waals surface area (Å²) in [6.45, 7) is 5.35. The summed E-state index contributed by atoms with van der Waals surface area (Å²) in [7, 11) is 1.81. The van der Waals surface area contributed by atoms with Gasteiger partial charge in [-0.2, -0.15) is 0 Å². The standard InChI is InChI=1S/C21H33FN4O/c1-23-20(24-11-8-18-6-5-7-19(22)16-18)25-17-21(9-3-2-4-10-21)26-12-14-27-15-13-26/h5-7,16H,2-4,8-15,17H2,1H3,(H2,23,24,25). The summed E-state index contributed by atoms with van der Waals surface area (Å²) in [5.41, 5.74) is 1.21. The zero-order chi connectivity index (χ0) is 19.0. The van der Waals surface area contributed by atoms with Crippen molar-refractivity contribution >= 4 is 5.96 Å². The van der Waals surface area contributed by atoms with E-state index >= 15 is 0 Å². The topological polar surface area (TPSA) is 48.9 Å². The first-order valence-electron chi connectivity index (χ1n) is 10.2. The predicted molar refractivity (Wildman–Crippen MR) is 108 cm³/mol. The van der Waals surface area contributed by atoms with Gasteiger partial charge in [0.25, 0.3) is 0 Å². The molecule has 0 radical (unpaired) electrons. The van der Waals surface area contributed by atoms with Gasteiger partial charge in [-0.25, -0.2) is 4.39 Å². The number of halogens is 1. The van der Waals surface area contributed by atoms with Crippen LogP contribution in [0.25, 0.3) is 0 Å². The minimum atomic E-state index is -0.181. The molecule has 1 aliphatic heterocycles. The van der Waals surface area contributed by atoms with Gasteiger partial charge in [0.15, 0.2) is 5.96 Å². The van der Waals surface area contributed by atoms with Gasteiger partial charge in [-0.1, -0.05) is 31.4 Å². The third kappa shape index (κ3) is 5.66. The fourth-order valence-corrected chi connectivity index (χ4v) is 4.34. The van der Waals surface area contributed by atoms with Crippen LogP contribution in [0.1, 0.15) is 37.7 Å². The molecule has 2 aliphatic rings. The van der Waals surface area contributed by atoms with Gasteiger partial charge in [0.05, 0.1) is 13.2 Å². The van der Waals surface area contributed by atoms with Gasteiger partial charge in [-0.15, -0.1) is 0 Å². The molecule has 0 unspecified atom stereocenters. The van der Waals surface area contributed by atoms with E-state index in [1.165, 1.54) is 38.2 Å². The molecule has 1 saturated heterocycles. The summed E-state index contributed by atoms with van der Waals surface area (Å²) in [4.78, 5) is 7.00. The third-order valence-electron chi connectivity index (χ3n) is 5.87. The smallest absolute Gasteiger partial charge is 0.191 e. The van der Waals surface area contributed by atoms with Crippen molar-refractivity contribution in [1.29, 1.82) is 0 Å². The molecule has 1 aromatic carbocycles. The van der Waals surface area contributed by atoms with Crippen molar-refractivity contribution in [3.05, 3.63) is 35.6 Å². The molecule has 150 valence electrons. The van der Waals surface area contributed by atoms with Crippen molar-refractivity contribution < 1.29 is 9.13 Å². The number of nitrogens with one attached hydrogen (secondary N) is 2. The number of guanidine groups is 1. The van der Waals surface area contributed by atoms with Crippen LogP contribution in [0.3, 0.4) is 0 Å². The number of aliphatic imine (C=N–C) groups is 1. The molecule has 0 aromatic heterocycles. The summed E-state index contributed by atoms with van der Waals surface area (Å²) in [6.07, 6.45) is 7.18. The first kappa shape index (κ1) is 20.1. The van der Waals surface area contributed by atoms with Gasteiger partial charge < -0.3 is 15.4 Å². The maximum absolute atomic E-state index is 13.3. The van der Waals surface area contributed by atoms with Crippen LogP contribution in [0.15, 0.2) is 29.3 Å². The van der Waals surface area contributed by atoms with Crippen LogP contribution in [0.4, 0.5) is 4.39 Å². The second-order valence-electron chi connectivity index (χ2n) is 7.62. The molecule has 6 heteroatoms. The molecule has 1 heterocycles. The quantitative estimate of drug-likeness (QED) is 0.592. The minimum Gasteiger partial charge on any atom is -0.379 e. The zero-order valence-electron chi connectivity index (χ0n) is 16.5. The average Bonchev–Trinajstić information content (AvgIpc) is 2.72. The summed E-state index contributed by atoms with van der Waals surface area (Å²) in [6, 6.07) is 6.78. The van der Waals surface area contributed by atoms with Crippen LogP contribution in [-0.4, -0.2) is 62.8 Å². The average molecular weight is 377 g/mol. The Morgan fingerprint density at radius 2 is 1.96 bits per heavy atom. The van der Waals surface area contributed by atoms with Gasteiger partial charge in [-0.05, 0) is 37.0 Å². The zero-order valence-corrected chi connectivity index (χ0v) is 16.5. The highest BCUT2D eigenvalue weighted by Gasteiger charge is 2.38. The monoisotopic (exact) mass is 376 g/mol. The molecule has 0 bridgehead atoms. The van der Waals surface area contributed by atoms with E-state index in [0.717, 1.165) is 57.3 Å². The van der Waals surface area contributed by atoms with E-state index < -0.39 is 0 Å². The first-order valence-corrected chi connectivity index (χ1v) is 10.2. The van der Waals surface area contributed by atoms with Crippen molar-refractivity contribution in [2.24, 2.45) is 4.99 Å². The highest BCUT2D eigenvalue weighted by molar-refractivity contribution is 5.79. The number of rotatable bonds is 6. The Labute approximate surface area is 162 Å². The van der Waals surface area contributed by atoms with Crippen LogP contribution in [0, 0.1) is 5.82 Å². The maximum atomic E-state index is 13.3. The highest BCUT2D eigenvalue weighted by atomic mass is 19.1. The van der Waals surface area contributed by atoms with Crippen LogP contribution in [0.5, 0.6) is 0 Å². The minimum absolute atomic E-state index is 0.181. The van der Waals surface area contributed by atoms with Crippen LogP contribution in [0.2, 0.25) is 0 Å². The number of benzene rings is 1. The SMILES string of the molecule is CN=C(NCCc1cccc(F)c1)NCC1(N2CCOCC2)CCCCC1. The van der Waals surface area contributed by atoms with Crippen molar-refractivity contribution in [3.8, 4) is 0 Å². The van der Waals surface area contributed by atoms with E-state index in [1.807, 2.05) is 6.07 Å². The molecule has 3 rings (SSSR count). The normalized spacial score (nSPS) is 21.0. The number of hydrogen-bond donors (Lipinski definition) is 2.